The van der Waals surface area contributed by atoms with Gasteiger partial charge in [-0.1, -0.05) is 13.0 Å². The monoisotopic (exact) mass is 353 g/mol. The van der Waals surface area contributed by atoms with Crippen molar-refractivity contribution in [1.82, 2.24) is 4.90 Å². The summed E-state index contributed by atoms with van der Waals surface area (Å²) in [6, 6.07) is 0. The molecule has 1 aliphatic heterocycles. The molecule has 0 spiro atoms. The Balaban J connectivity index is 0.000000433. The molecule has 0 aliphatic carbocycles. The number of rotatable bonds is 3. The Morgan fingerprint density at radius 1 is 1.14 bits per heavy atom. The van der Waals surface area contributed by atoms with Crippen molar-refractivity contribution >= 4 is 20.2 Å². The molecular weight excluding hydrogens is 339 g/mol. The first-order chi connectivity index (χ1) is 9.30. The van der Waals surface area contributed by atoms with Crippen molar-refractivity contribution in [1.29, 1.82) is 0 Å². The maximum atomic E-state index is 10.9. The summed E-state index contributed by atoms with van der Waals surface area (Å²) in [5.41, 5.74) is -5.53. The highest BCUT2D eigenvalue weighted by Gasteiger charge is 2.44. The second kappa shape index (κ2) is 7.24. The molecule has 1 heterocycles. The molecule has 0 saturated carbocycles. The molecule has 0 radical (unpaired) electrons. The lowest BCUT2D eigenvalue weighted by molar-refractivity contribution is -0.0510. The molecule has 0 aromatic heterocycles. The Bertz CT molecular complexity index is 593. The van der Waals surface area contributed by atoms with Crippen molar-refractivity contribution in [3.05, 3.63) is 24.4 Å². The second-order valence-electron chi connectivity index (χ2n) is 3.79. The van der Waals surface area contributed by atoms with Crippen LogP contribution < -0.4 is 0 Å². The van der Waals surface area contributed by atoms with E-state index in [0.29, 0.717) is 6.54 Å². The Morgan fingerprint density at radius 2 is 1.62 bits per heavy atom. The Hall–Kier alpha value is -1.11. The van der Waals surface area contributed by atoms with Gasteiger partial charge >= 0.3 is 15.6 Å². The smallest absolute Gasteiger partial charge is 0.356 e. The summed E-state index contributed by atoms with van der Waals surface area (Å²) in [5.74, 6) is 0. The average Bonchev–Trinajstić information content (AvgIpc) is 2.26. The fourth-order valence-electron chi connectivity index (χ4n) is 1.25. The van der Waals surface area contributed by atoms with Crippen LogP contribution >= 0.6 is 0 Å². The fourth-order valence-corrected chi connectivity index (χ4v) is 2.05. The van der Waals surface area contributed by atoms with Crippen LogP contribution in [0.25, 0.3) is 0 Å². The zero-order valence-electron chi connectivity index (χ0n) is 10.7. The van der Waals surface area contributed by atoms with E-state index in [1.807, 2.05) is 6.92 Å². The number of halogens is 3. The van der Waals surface area contributed by atoms with Gasteiger partial charge in [0.1, 0.15) is 0 Å². The predicted octanol–water partition coefficient (Wildman–Crippen LogP) is 1.39. The summed E-state index contributed by atoms with van der Waals surface area (Å²) in [4.78, 5) is 1.59. The number of allylic oxidation sites excluding steroid dienone is 2. The maximum absolute atomic E-state index is 10.9. The van der Waals surface area contributed by atoms with Crippen molar-refractivity contribution in [2.75, 3.05) is 6.54 Å². The molecule has 0 aromatic rings. The molecule has 1 unspecified atom stereocenters. The van der Waals surface area contributed by atoms with Gasteiger partial charge < -0.3 is 4.90 Å². The molecule has 1 aliphatic rings. The molecule has 0 fully saturated rings. The van der Waals surface area contributed by atoms with Crippen LogP contribution in [0.3, 0.4) is 0 Å². The van der Waals surface area contributed by atoms with E-state index in [2.05, 4.69) is 0 Å². The van der Waals surface area contributed by atoms with Crippen LogP contribution in [0.15, 0.2) is 24.4 Å². The average molecular weight is 353 g/mol. The van der Waals surface area contributed by atoms with Gasteiger partial charge in [-0.2, -0.15) is 30.0 Å². The van der Waals surface area contributed by atoms with Gasteiger partial charge in [0.25, 0.3) is 10.1 Å². The van der Waals surface area contributed by atoms with Crippen molar-refractivity contribution < 1.29 is 39.1 Å². The summed E-state index contributed by atoms with van der Waals surface area (Å²) in [6.07, 6.45) is 7.33. The molecule has 0 bridgehead atoms. The lowest BCUT2D eigenvalue weighted by atomic mass is 10.3. The van der Waals surface area contributed by atoms with E-state index in [1.54, 1.807) is 23.3 Å². The van der Waals surface area contributed by atoms with Crippen LogP contribution in [0, 0.1) is 0 Å². The summed E-state index contributed by atoms with van der Waals surface area (Å²) in [5, 5.41) is -0.919. The van der Waals surface area contributed by atoms with Crippen LogP contribution in [0.5, 0.6) is 0 Å². The molecule has 1 atom stereocenters. The van der Waals surface area contributed by atoms with Gasteiger partial charge in [-0.15, -0.1) is 0 Å². The molecular formula is C9H14F3NO6S2. The molecule has 124 valence electrons. The highest BCUT2D eigenvalue weighted by molar-refractivity contribution is 7.86. The molecule has 12 heteroatoms. The van der Waals surface area contributed by atoms with Crippen LogP contribution in [0.2, 0.25) is 0 Å². The van der Waals surface area contributed by atoms with E-state index in [1.165, 1.54) is 6.08 Å². The summed E-state index contributed by atoms with van der Waals surface area (Å²) >= 11 is 0. The number of hydrogen-bond acceptors (Lipinski definition) is 5. The molecule has 0 amide bonds. The van der Waals surface area contributed by atoms with Crippen molar-refractivity contribution in [2.45, 2.75) is 24.2 Å². The zero-order valence-corrected chi connectivity index (χ0v) is 12.4. The fraction of sp³-hybridized carbons (Fsp3) is 0.556. The second-order valence-corrected chi connectivity index (χ2v) is 6.72. The van der Waals surface area contributed by atoms with E-state index in [-0.39, 0.29) is 0 Å². The minimum atomic E-state index is -5.84. The number of nitrogens with zero attached hydrogens (tertiary/aromatic N) is 1. The predicted molar refractivity (Wildman–Crippen MR) is 68.2 cm³/mol. The van der Waals surface area contributed by atoms with Crippen molar-refractivity contribution in [3.8, 4) is 0 Å². The molecule has 7 nitrogen and oxygen atoms in total. The third-order valence-electron chi connectivity index (χ3n) is 2.07. The largest absolute Gasteiger partial charge is 0.522 e. The molecule has 21 heavy (non-hydrogen) atoms. The highest BCUT2D eigenvalue weighted by Crippen LogP contribution is 2.20. The Labute approximate surface area is 120 Å². The van der Waals surface area contributed by atoms with Gasteiger partial charge in [0.2, 0.25) is 0 Å². The zero-order chi connectivity index (χ0) is 16.9. The normalized spacial score (nSPS) is 19.1. The van der Waals surface area contributed by atoms with Gasteiger partial charge in [-0.3, -0.25) is 9.11 Å². The first kappa shape index (κ1) is 19.9. The molecule has 1 rings (SSSR count). The number of alkyl halides is 3. The van der Waals surface area contributed by atoms with E-state index >= 15 is 0 Å². The minimum absolute atomic E-state index is 0.616. The van der Waals surface area contributed by atoms with Crippen LogP contribution in [-0.2, 0) is 20.2 Å². The molecule has 2 N–H and O–H groups in total. The lowest BCUT2D eigenvalue weighted by Crippen LogP contribution is -2.37. The van der Waals surface area contributed by atoms with Crippen LogP contribution in [0.1, 0.15) is 13.3 Å². The van der Waals surface area contributed by atoms with Crippen molar-refractivity contribution in [2.24, 2.45) is 0 Å². The maximum Gasteiger partial charge on any atom is 0.522 e. The third kappa shape index (κ3) is 6.93. The van der Waals surface area contributed by atoms with Crippen LogP contribution in [-0.4, -0.2) is 48.3 Å². The standard InChI is InChI=1S/C8H13NO3S.CHF3O3S/c1-2-6-9-7-4-3-5-8(9)13(10,11)12;2-1(3,4)8(5,6)7/h3-5,7-8H,2,6H2,1H3,(H,10,11,12);(H,5,6,7). The highest BCUT2D eigenvalue weighted by atomic mass is 32.2. The van der Waals surface area contributed by atoms with E-state index in [4.69, 9.17) is 17.5 Å². The summed E-state index contributed by atoms with van der Waals surface area (Å²) in [7, 11) is -9.85. The van der Waals surface area contributed by atoms with Crippen molar-refractivity contribution in [3.63, 3.8) is 0 Å². The van der Waals surface area contributed by atoms with Gasteiger partial charge in [0, 0.05) is 12.7 Å². The van der Waals surface area contributed by atoms with E-state index in [9.17, 15) is 21.6 Å². The van der Waals surface area contributed by atoms with Gasteiger partial charge in [0.15, 0.2) is 5.37 Å². The van der Waals surface area contributed by atoms with Crippen LogP contribution in [0.4, 0.5) is 13.2 Å². The first-order valence-corrected chi connectivity index (χ1v) is 8.35. The Kier molecular flexibility index (Phi) is 6.86. The first-order valence-electron chi connectivity index (χ1n) is 5.41. The molecule has 0 saturated heterocycles. The van der Waals surface area contributed by atoms with Gasteiger partial charge in [-0.25, -0.2) is 0 Å². The quantitative estimate of drug-likeness (QED) is 0.582. The molecule has 0 aromatic carbocycles. The van der Waals surface area contributed by atoms with Gasteiger partial charge in [0.05, 0.1) is 0 Å². The summed E-state index contributed by atoms with van der Waals surface area (Å²) < 4.78 is 88.2. The summed E-state index contributed by atoms with van der Waals surface area (Å²) in [6.45, 7) is 2.57. The third-order valence-corrected chi connectivity index (χ3v) is 3.69. The Morgan fingerprint density at radius 3 is 1.95 bits per heavy atom. The number of hydrogen-bond donors (Lipinski definition) is 2. The minimum Gasteiger partial charge on any atom is -0.356 e. The van der Waals surface area contributed by atoms with Gasteiger partial charge in [-0.05, 0) is 18.6 Å². The topological polar surface area (TPSA) is 112 Å². The lowest BCUT2D eigenvalue weighted by Gasteiger charge is -2.27. The van der Waals surface area contributed by atoms with E-state index in [0.717, 1.165) is 6.42 Å². The SMILES string of the molecule is CCCN1C=CC=CC1S(=O)(=O)O.O=S(=O)(O)C(F)(F)F. The van der Waals surface area contributed by atoms with E-state index < -0.39 is 31.1 Å².